The molecular weight excluding hydrogens is 230 g/mol. The summed E-state index contributed by atoms with van der Waals surface area (Å²) in [6, 6.07) is 7.52. The number of benzene rings is 1. The maximum absolute atomic E-state index is 12.1. The number of aromatic amines is 1. The Kier molecular flexibility index (Phi) is 2.68. The molecule has 1 aromatic carbocycles. The number of hydrogen-bond donors (Lipinski definition) is 2. The van der Waals surface area contributed by atoms with E-state index in [-0.39, 0.29) is 5.56 Å². The summed E-state index contributed by atoms with van der Waals surface area (Å²) in [5.74, 6) is 0. The average Bonchev–Trinajstić information content (AvgIpc) is 2.40. The Morgan fingerprint density at radius 3 is 2.83 bits per heavy atom. The molecule has 0 unspecified atom stereocenters. The standard InChI is InChI=1S/C13H15N3O2/c14-10-3-1-2-9-8-11(13(17)15-12(9)10)16-4-6-18-7-5-16/h1-3,8H,4-7,14H2,(H,15,17). The molecule has 5 heteroatoms. The minimum Gasteiger partial charge on any atom is -0.397 e. The fourth-order valence-corrected chi connectivity index (χ4v) is 2.28. The highest BCUT2D eigenvalue weighted by atomic mass is 16.5. The molecule has 3 rings (SSSR count). The van der Waals surface area contributed by atoms with Gasteiger partial charge in [0.1, 0.15) is 5.69 Å². The SMILES string of the molecule is Nc1cccc2cc(N3CCOCC3)c(=O)[nH]c12. The van der Waals surface area contributed by atoms with Gasteiger partial charge in [-0.15, -0.1) is 0 Å². The molecule has 0 amide bonds. The third-order valence-electron chi connectivity index (χ3n) is 3.24. The van der Waals surface area contributed by atoms with Gasteiger partial charge < -0.3 is 20.4 Å². The van der Waals surface area contributed by atoms with Crippen LogP contribution in [0.5, 0.6) is 0 Å². The van der Waals surface area contributed by atoms with Crippen LogP contribution in [-0.2, 0) is 4.74 Å². The van der Waals surface area contributed by atoms with Gasteiger partial charge >= 0.3 is 0 Å². The maximum atomic E-state index is 12.1. The van der Waals surface area contributed by atoms with Crippen LogP contribution in [0.15, 0.2) is 29.1 Å². The van der Waals surface area contributed by atoms with Crippen molar-refractivity contribution < 1.29 is 4.74 Å². The highest BCUT2D eigenvalue weighted by Crippen LogP contribution is 2.21. The largest absolute Gasteiger partial charge is 0.397 e. The molecule has 18 heavy (non-hydrogen) atoms. The zero-order valence-electron chi connectivity index (χ0n) is 9.98. The summed E-state index contributed by atoms with van der Waals surface area (Å²) in [6.07, 6.45) is 0. The van der Waals surface area contributed by atoms with Crippen molar-refractivity contribution in [3.8, 4) is 0 Å². The minimum absolute atomic E-state index is 0.0951. The zero-order chi connectivity index (χ0) is 12.5. The van der Waals surface area contributed by atoms with Gasteiger partial charge in [-0.1, -0.05) is 12.1 Å². The van der Waals surface area contributed by atoms with Crippen molar-refractivity contribution in [1.82, 2.24) is 4.98 Å². The van der Waals surface area contributed by atoms with E-state index in [1.807, 2.05) is 23.1 Å². The Morgan fingerprint density at radius 1 is 1.28 bits per heavy atom. The molecule has 2 aromatic rings. The van der Waals surface area contributed by atoms with Crippen molar-refractivity contribution in [2.45, 2.75) is 0 Å². The predicted molar refractivity (Wildman–Crippen MR) is 72.0 cm³/mol. The first kappa shape index (κ1) is 11.1. The summed E-state index contributed by atoms with van der Waals surface area (Å²) in [6.45, 7) is 2.82. The van der Waals surface area contributed by atoms with Crippen molar-refractivity contribution in [2.24, 2.45) is 0 Å². The van der Waals surface area contributed by atoms with E-state index in [9.17, 15) is 4.79 Å². The van der Waals surface area contributed by atoms with E-state index in [1.54, 1.807) is 6.07 Å². The summed E-state index contributed by atoms with van der Waals surface area (Å²) >= 11 is 0. The Morgan fingerprint density at radius 2 is 2.06 bits per heavy atom. The third kappa shape index (κ3) is 1.82. The van der Waals surface area contributed by atoms with Crippen LogP contribution in [0.2, 0.25) is 0 Å². The van der Waals surface area contributed by atoms with Crippen LogP contribution in [0.3, 0.4) is 0 Å². The van der Waals surface area contributed by atoms with Gasteiger partial charge in [0.05, 0.1) is 24.4 Å². The number of ether oxygens (including phenoxy) is 1. The quantitative estimate of drug-likeness (QED) is 0.734. The van der Waals surface area contributed by atoms with Crippen molar-refractivity contribution in [3.05, 3.63) is 34.6 Å². The number of nitrogens with one attached hydrogen (secondary N) is 1. The lowest BCUT2D eigenvalue weighted by molar-refractivity contribution is 0.122. The number of hydrogen-bond acceptors (Lipinski definition) is 4. The lowest BCUT2D eigenvalue weighted by atomic mass is 10.1. The molecule has 0 spiro atoms. The second-order valence-electron chi connectivity index (χ2n) is 4.39. The molecule has 0 radical (unpaired) electrons. The lowest BCUT2D eigenvalue weighted by Gasteiger charge is -2.28. The van der Waals surface area contributed by atoms with Crippen LogP contribution in [-0.4, -0.2) is 31.3 Å². The summed E-state index contributed by atoms with van der Waals surface area (Å²) in [7, 11) is 0. The molecule has 0 aliphatic carbocycles. The average molecular weight is 245 g/mol. The first-order valence-corrected chi connectivity index (χ1v) is 6.00. The molecule has 5 nitrogen and oxygen atoms in total. The molecule has 1 aliphatic rings. The first-order chi connectivity index (χ1) is 8.75. The molecule has 0 bridgehead atoms. The van der Waals surface area contributed by atoms with Gasteiger partial charge in [-0.05, 0) is 12.1 Å². The Hall–Kier alpha value is -2.01. The van der Waals surface area contributed by atoms with Crippen LogP contribution in [0, 0.1) is 0 Å². The molecule has 1 aromatic heterocycles. The Bertz CT molecular complexity index is 630. The Labute approximate surface area is 104 Å². The van der Waals surface area contributed by atoms with Gasteiger partial charge in [0.2, 0.25) is 0 Å². The molecular formula is C13H15N3O2. The van der Waals surface area contributed by atoms with Crippen molar-refractivity contribution in [3.63, 3.8) is 0 Å². The van der Waals surface area contributed by atoms with Crippen molar-refractivity contribution >= 4 is 22.3 Å². The highest BCUT2D eigenvalue weighted by Gasteiger charge is 2.15. The van der Waals surface area contributed by atoms with Gasteiger partial charge in [0, 0.05) is 18.5 Å². The van der Waals surface area contributed by atoms with Crippen LogP contribution >= 0.6 is 0 Å². The van der Waals surface area contributed by atoms with Crippen molar-refractivity contribution in [1.29, 1.82) is 0 Å². The number of pyridine rings is 1. The van der Waals surface area contributed by atoms with E-state index in [2.05, 4.69) is 4.98 Å². The normalized spacial score (nSPS) is 16.1. The van der Waals surface area contributed by atoms with E-state index in [4.69, 9.17) is 10.5 Å². The lowest BCUT2D eigenvalue weighted by Crippen LogP contribution is -2.39. The maximum Gasteiger partial charge on any atom is 0.272 e. The van der Waals surface area contributed by atoms with E-state index in [0.29, 0.717) is 30.1 Å². The summed E-state index contributed by atoms with van der Waals surface area (Å²) in [5, 5.41) is 0.955. The molecule has 1 fully saturated rings. The fourth-order valence-electron chi connectivity index (χ4n) is 2.28. The van der Waals surface area contributed by atoms with Crippen LogP contribution in [0.25, 0.3) is 10.9 Å². The molecule has 1 saturated heterocycles. The number of nitrogens with zero attached hydrogens (tertiary/aromatic N) is 1. The second kappa shape index (κ2) is 4.34. The van der Waals surface area contributed by atoms with Gasteiger partial charge in [0.15, 0.2) is 0 Å². The predicted octanol–water partition coefficient (Wildman–Crippen LogP) is 0.947. The molecule has 94 valence electrons. The van der Waals surface area contributed by atoms with Crippen LogP contribution < -0.4 is 16.2 Å². The van der Waals surface area contributed by atoms with E-state index < -0.39 is 0 Å². The van der Waals surface area contributed by atoms with E-state index in [1.165, 1.54) is 0 Å². The summed E-state index contributed by atoms with van der Waals surface area (Å²) in [4.78, 5) is 17.0. The zero-order valence-corrected chi connectivity index (χ0v) is 9.98. The number of nitrogens with two attached hydrogens (primary N) is 1. The molecule has 0 atom stereocenters. The number of morpholine rings is 1. The molecule has 3 N–H and O–H groups in total. The van der Waals surface area contributed by atoms with Crippen LogP contribution in [0.4, 0.5) is 11.4 Å². The topological polar surface area (TPSA) is 71.3 Å². The number of H-pyrrole nitrogens is 1. The summed E-state index contributed by atoms with van der Waals surface area (Å²) in [5.41, 5.74) is 7.75. The number of anilines is 2. The number of aromatic nitrogens is 1. The Balaban J connectivity index is 2.12. The van der Waals surface area contributed by atoms with Gasteiger partial charge in [0.25, 0.3) is 5.56 Å². The molecule has 2 heterocycles. The van der Waals surface area contributed by atoms with Gasteiger partial charge in [-0.3, -0.25) is 4.79 Å². The smallest absolute Gasteiger partial charge is 0.272 e. The first-order valence-electron chi connectivity index (χ1n) is 6.00. The second-order valence-corrected chi connectivity index (χ2v) is 4.39. The molecule has 0 saturated carbocycles. The minimum atomic E-state index is -0.0951. The summed E-state index contributed by atoms with van der Waals surface area (Å²) < 4.78 is 5.29. The highest BCUT2D eigenvalue weighted by molar-refractivity contribution is 5.90. The van der Waals surface area contributed by atoms with E-state index in [0.717, 1.165) is 18.5 Å². The number of fused-ring (bicyclic) bond motifs is 1. The third-order valence-corrected chi connectivity index (χ3v) is 3.24. The van der Waals surface area contributed by atoms with E-state index >= 15 is 0 Å². The fraction of sp³-hybridized carbons (Fsp3) is 0.308. The van der Waals surface area contributed by atoms with Gasteiger partial charge in [-0.25, -0.2) is 0 Å². The van der Waals surface area contributed by atoms with Crippen molar-refractivity contribution in [2.75, 3.05) is 36.9 Å². The number of rotatable bonds is 1. The number of para-hydroxylation sites is 1. The molecule has 1 aliphatic heterocycles. The number of nitrogen functional groups attached to an aromatic ring is 1. The monoisotopic (exact) mass is 245 g/mol. The van der Waals surface area contributed by atoms with Gasteiger partial charge in [-0.2, -0.15) is 0 Å². The van der Waals surface area contributed by atoms with Crippen LogP contribution in [0.1, 0.15) is 0 Å².